The first-order chi connectivity index (χ1) is 21.3. The van der Waals surface area contributed by atoms with Crippen molar-refractivity contribution in [2.24, 2.45) is 0 Å². The molecular formula is C33H31F4NO6S. The topological polar surface area (TPSA) is 105 Å². The number of benzene rings is 3. The van der Waals surface area contributed by atoms with Crippen LogP contribution in [0.1, 0.15) is 72.1 Å². The molecule has 4 rings (SSSR count). The highest BCUT2D eigenvalue weighted by atomic mass is 32.2. The Kier molecular flexibility index (Phi) is 10.3. The number of hydrogen-bond donors (Lipinski definition) is 1. The molecule has 3 aromatic carbocycles. The number of fused-ring (bicyclic) bond motifs is 1. The van der Waals surface area contributed by atoms with Crippen LogP contribution in [0.2, 0.25) is 0 Å². The van der Waals surface area contributed by atoms with Gasteiger partial charge in [0.2, 0.25) is 0 Å². The number of aryl methyl sites for hydroxylation is 1. The van der Waals surface area contributed by atoms with Crippen molar-refractivity contribution < 1.29 is 39.7 Å². The van der Waals surface area contributed by atoms with E-state index in [1.54, 1.807) is 13.0 Å². The summed E-state index contributed by atoms with van der Waals surface area (Å²) >= 11 is 0. The zero-order valence-electron chi connectivity index (χ0n) is 24.8. The summed E-state index contributed by atoms with van der Waals surface area (Å²) in [6.07, 6.45) is 7.27. The molecule has 1 aromatic heterocycles. The minimum Gasteiger partial charge on any atom is -0.422 e. The van der Waals surface area contributed by atoms with E-state index in [1.165, 1.54) is 18.2 Å². The van der Waals surface area contributed by atoms with Crippen LogP contribution in [0.4, 0.5) is 23.2 Å². The van der Waals surface area contributed by atoms with E-state index >= 15 is 0 Å². The Balaban J connectivity index is 1.61. The molecule has 0 aliphatic rings. The number of carbonyl (C=O) groups excluding carboxylic acids is 1. The third-order valence-corrected chi connectivity index (χ3v) is 8.32. The van der Waals surface area contributed by atoms with Crippen LogP contribution in [0.15, 0.2) is 56.6 Å². The summed E-state index contributed by atoms with van der Waals surface area (Å²) in [4.78, 5) is 25.7. The predicted octanol–water partition coefficient (Wildman–Crippen LogP) is 7.71. The number of unbranched alkanes of at least 4 members (excludes halogenated alkanes) is 2. The molecule has 45 heavy (non-hydrogen) atoms. The van der Waals surface area contributed by atoms with Crippen LogP contribution in [0.3, 0.4) is 0 Å². The molecule has 238 valence electrons. The van der Waals surface area contributed by atoms with Crippen molar-refractivity contribution in [1.29, 1.82) is 0 Å². The van der Waals surface area contributed by atoms with Crippen LogP contribution in [-0.2, 0) is 10.1 Å². The van der Waals surface area contributed by atoms with Gasteiger partial charge in [-0.1, -0.05) is 57.0 Å². The fraction of sp³-hybridized carbons (Fsp3) is 0.273. The van der Waals surface area contributed by atoms with Crippen molar-refractivity contribution in [3.05, 3.63) is 104 Å². The second-order valence-electron chi connectivity index (χ2n) is 10.5. The fourth-order valence-corrected chi connectivity index (χ4v) is 5.56. The molecule has 0 spiro atoms. The Morgan fingerprint density at radius 2 is 1.47 bits per heavy atom. The second-order valence-corrected chi connectivity index (χ2v) is 11.9. The van der Waals surface area contributed by atoms with Gasteiger partial charge in [-0.3, -0.25) is 9.35 Å². The number of ketones is 1. The lowest BCUT2D eigenvalue weighted by Crippen LogP contribution is -2.25. The Morgan fingerprint density at radius 3 is 2.00 bits per heavy atom. The van der Waals surface area contributed by atoms with Gasteiger partial charge in [0.15, 0.2) is 33.9 Å². The maximum Gasteiger partial charge on any atom is 0.343 e. The molecule has 0 fully saturated rings. The maximum absolute atomic E-state index is 14.5. The van der Waals surface area contributed by atoms with Gasteiger partial charge < -0.3 is 9.32 Å². The van der Waals surface area contributed by atoms with Gasteiger partial charge in [-0.25, -0.2) is 22.4 Å². The van der Waals surface area contributed by atoms with Crippen molar-refractivity contribution in [3.8, 4) is 0 Å². The number of nitrogens with zero attached hydrogens (tertiary/aromatic N) is 1. The molecule has 12 heteroatoms. The molecular weight excluding hydrogens is 614 g/mol. The lowest BCUT2D eigenvalue weighted by Gasteiger charge is -2.25. The average molecular weight is 646 g/mol. The van der Waals surface area contributed by atoms with Gasteiger partial charge >= 0.3 is 15.7 Å². The Bertz CT molecular complexity index is 1920. The Hall–Kier alpha value is -4.29. The molecule has 0 saturated heterocycles. The molecule has 0 atom stereocenters. The van der Waals surface area contributed by atoms with E-state index in [2.05, 4.69) is 18.7 Å². The first-order valence-electron chi connectivity index (χ1n) is 14.3. The van der Waals surface area contributed by atoms with Gasteiger partial charge in [-0.2, -0.15) is 8.42 Å². The van der Waals surface area contributed by atoms with Gasteiger partial charge in [0.25, 0.3) is 0 Å². The molecule has 7 nitrogen and oxygen atoms in total. The molecule has 0 bridgehead atoms. The lowest BCUT2D eigenvalue weighted by atomic mass is 10.00. The summed E-state index contributed by atoms with van der Waals surface area (Å²) < 4.78 is 94.2. The Morgan fingerprint density at radius 1 is 0.889 bits per heavy atom. The van der Waals surface area contributed by atoms with Crippen molar-refractivity contribution >= 4 is 44.7 Å². The van der Waals surface area contributed by atoms with Crippen molar-refractivity contribution in [2.75, 3.05) is 18.0 Å². The molecule has 0 saturated carbocycles. The highest BCUT2D eigenvalue weighted by molar-refractivity contribution is 7.85. The average Bonchev–Trinajstić information content (AvgIpc) is 2.99. The van der Waals surface area contributed by atoms with Gasteiger partial charge in [0.1, 0.15) is 11.1 Å². The summed E-state index contributed by atoms with van der Waals surface area (Å²) in [6, 6.07) is 10.8. The minimum absolute atomic E-state index is 0.290. The van der Waals surface area contributed by atoms with Crippen LogP contribution >= 0.6 is 0 Å². The second kappa shape index (κ2) is 13.8. The summed E-state index contributed by atoms with van der Waals surface area (Å²) in [7, 11) is -5.66. The number of anilines is 1. The highest BCUT2D eigenvalue weighted by Gasteiger charge is 2.34. The van der Waals surface area contributed by atoms with Crippen LogP contribution < -0.4 is 10.5 Å². The molecule has 0 radical (unpaired) electrons. The van der Waals surface area contributed by atoms with E-state index in [-0.39, 0.29) is 5.56 Å². The minimum atomic E-state index is -5.66. The number of hydrogen-bond acceptors (Lipinski definition) is 6. The molecule has 1 heterocycles. The number of rotatable bonds is 12. The van der Waals surface area contributed by atoms with E-state index in [0.717, 1.165) is 62.0 Å². The summed E-state index contributed by atoms with van der Waals surface area (Å²) in [6.45, 7) is 7.85. The monoisotopic (exact) mass is 645 g/mol. The molecule has 4 aromatic rings. The zero-order valence-corrected chi connectivity index (χ0v) is 25.6. The van der Waals surface area contributed by atoms with Crippen molar-refractivity contribution in [3.63, 3.8) is 0 Å². The standard InChI is InChI=1S/C33H31F4NO6S/c1-4-6-16-38(17-7-5-2)22-13-15-23-19(3)24(33(40)44-25(23)18-22)14-10-20-8-11-21(12-9-20)31(39)26-27(34)29(36)32(45(41,42)43)30(37)28(26)35/h8-15,18H,4-7,16-17H2,1-3H3,(H,41,42,43)/b14-10+. The lowest BCUT2D eigenvalue weighted by molar-refractivity contribution is 0.102. The number of halogens is 4. The number of carbonyl (C=O) groups is 1. The predicted molar refractivity (Wildman–Crippen MR) is 164 cm³/mol. The van der Waals surface area contributed by atoms with Crippen LogP contribution in [-0.4, -0.2) is 31.8 Å². The highest BCUT2D eigenvalue weighted by Crippen LogP contribution is 2.30. The molecule has 0 amide bonds. The summed E-state index contributed by atoms with van der Waals surface area (Å²) in [5.74, 6) is -10.9. The van der Waals surface area contributed by atoms with E-state index in [4.69, 9.17) is 8.97 Å². The molecule has 0 aliphatic carbocycles. The SMILES string of the molecule is CCCCN(CCCC)c1ccc2c(C)c(/C=C/c3ccc(C(=O)c4c(F)c(F)c(S(=O)(=O)O)c(F)c4F)cc3)c(=O)oc2c1. The quantitative estimate of drug-likeness (QED) is 0.0553. The molecule has 1 N–H and O–H groups in total. The van der Waals surface area contributed by atoms with Crippen LogP contribution in [0, 0.1) is 30.2 Å². The van der Waals surface area contributed by atoms with Crippen molar-refractivity contribution in [1.82, 2.24) is 0 Å². The summed E-state index contributed by atoms with van der Waals surface area (Å²) in [5.41, 5.74) is 0.292. The van der Waals surface area contributed by atoms with E-state index in [9.17, 15) is 35.6 Å². The summed E-state index contributed by atoms with van der Waals surface area (Å²) in [5, 5.41) is 0.758. The normalized spacial score (nSPS) is 11.9. The van der Waals surface area contributed by atoms with Crippen LogP contribution in [0.25, 0.3) is 23.1 Å². The third-order valence-electron chi connectivity index (χ3n) is 7.45. The Labute approximate surface area is 257 Å². The zero-order chi connectivity index (χ0) is 33.1. The molecule has 0 aliphatic heterocycles. The van der Waals surface area contributed by atoms with Gasteiger partial charge in [-0.05, 0) is 49.1 Å². The van der Waals surface area contributed by atoms with Gasteiger partial charge in [0.05, 0.1) is 5.56 Å². The molecule has 0 unspecified atom stereocenters. The van der Waals surface area contributed by atoms with Crippen molar-refractivity contribution in [2.45, 2.75) is 51.3 Å². The van der Waals surface area contributed by atoms with E-state index in [1.807, 2.05) is 18.2 Å². The maximum atomic E-state index is 14.5. The van der Waals surface area contributed by atoms with Gasteiger partial charge in [0, 0.05) is 35.8 Å². The van der Waals surface area contributed by atoms with Crippen LogP contribution in [0.5, 0.6) is 0 Å². The van der Waals surface area contributed by atoms with E-state index in [0.29, 0.717) is 22.3 Å². The smallest absolute Gasteiger partial charge is 0.343 e. The first-order valence-corrected chi connectivity index (χ1v) is 15.7. The van der Waals surface area contributed by atoms with Gasteiger partial charge in [-0.15, -0.1) is 0 Å². The largest absolute Gasteiger partial charge is 0.422 e. The van der Waals surface area contributed by atoms with E-state index < -0.39 is 55.3 Å². The fourth-order valence-electron chi connectivity index (χ4n) is 4.92. The first kappa shape index (κ1) is 33.6. The third kappa shape index (κ3) is 7.02.